The maximum atomic E-state index is 12.1. The van der Waals surface area contributed by atoms with E-state index in [-0.39, 0.29) is 16.5 Å². The van der Waals surface area contributed by atoms with Crippen LogP contribution >= 0.6 is 22.7 Å². The van der Waals surface area contributed by atoms with Crippen LogP contribution in [-0.4, -0.2) is 24.0 Å². The number of ether oxygens (including phenoxy) is 1. The molecule has 8 heteroatoms. The van der Waals surface area contributed by atoms with Crippen LogP contribution in [0.4, 0.5) is 10.1 Å². The van der Waals surface area contributed by atoms with Crippen molar-refractivity contribution in [1.82, 2.24) is 4.98 Å². The number of rotatable bonds is 3. The summed E-state index contributed by atoms with van der Waals surface area (Å²) in [7, 11) is 1.27. The van der Waals surface area contributed by atoms with Crippen LogP contribution in [0.15, 0.2) is 11.6 Å². The lowest BCUT2D eigenvalue weighted by Crippen LogP contribution is -2.12. The molecule has 0 atom stereocenters. The van der Waals surface area contributed by atoms with E-state index in [1.807, 2.05) is 0 Å². The number of thiazole rings is 1. The Kier molecular flexibility index (Phi) is 3.82. The number of thiophene rings is 1. The molecule has 3 N–H and O–H groups in total. The van der Waals surface area contributed by atoms with Gasteiger partial charge in [-0.15, -0.1) is 22.7 Å². The topological polar surface area (TPSA) is 94.3 Å². The fraction of sp³-hybridized carbons (Fsp3) is 0.182. The van der Waals surface area contributed by atoms with Crippen LogP contribution in [0.5, 0.6) is 0 Å². The summed E-state index contributed by atoms with van der Waals surface area (Å²) in [5, 5.41) is 5.17. The van der Waals surface area contributed by atoms with Crippen molar-refractivity contribution >= 4 is 44.7 Å². The highest BCUT2D eigenvalue weighted by molar-refractivity contribution is 7.18. The highest BCUT2D eigenvalue weighted by Gasteiger charge is 2.24. The van der Waals surface area contributed by atoms with Gasteiger partial charge in [0, 0.05) is 11.6 Å². The van der Waals surface area contributed by atoms with Gasteiger partial charge in [-0.05, 0) is 12.5 Å². The standard InChI is InChI=1S/C11H11N3O3S2/c1-5-6(10(16)17-2)8(12)19-7(5)9(15)14-11-13-3-4-18-11/h3-4H,12H2,1-2H3,(H,13,14,15). The number of carbonyl (C=O) groups is 2. The predicted molar refractivity (Wildman–Crippen MR) is 74.9 cm³/mol. The minimum atomic E-state index is -0.542. The van der Waals surface area contributed by atoms with Crippen molar-refractivity contribution in [2.75, 3.05) is 18.2 Å². The van der Waals surface area contributed by atoms with Gasteiger partial charge in [-0.25, -0.2) is 9.78 Å². The minimum Gasteiger partial charge on any atom is -0.465 e. The first kappa shape index (κ1) is 13.5. The van der Waals surface area contributed by atoms with Crippen molar-refractivity contribution in [3.8, 4) is 0 Å². The lowest BCUT2D eigenvalue weighted by Gasteiger charge is -2.01. The first-order chi connectivity index (χ1) is 9.04. The molecule has 6 nitrogen and oxygen atoms in total. The van der Waals surface area contributed by atoms with E-state index in [1.165, 1.54) is 18.4 Å². The first-order valence-corrected chi connectivity index (χ1v) is 6.92. The lowest BCUT2D eigenvalue weighted by molar-refractivity contribution is 0.0601. The summed E-state index contributed by atoms with van der Waals surface area (Å²) in [6, 6.07) is 0. The smallest absolute Gasteiger partial charge is 0.341 e. The Morgan fingerprint density at radius 1 is 1.47 bits per heavy atom. The molecule has 2 heterocycles. The molecule has 0 aliphatic heterocycles. The molecular formula is C11H11N3O3S2. The number of anilines is 2. The van der Waals surface area contributed by atoms with E-state index >= 15 is 0 Å². The van der Waals surface area contributed by atoms with Crippen LogP contribution in [0.2, 0.25) is 0 Å². The molecule has 0 aliphatic rings. The zero-order valence-electron chi connectivity index (χ0n) is 10.2. The average molecular weight is 297 g/mol. The van der Waals surface area contributed by atoms with E-state index in [0.717, 1.165) is 11.3 Å². The molecule has 19 heavy (non-hydrogen) atoms. The van der Waals surface area contributed by atoms with Crippen LogP contribution in [-0.2, 0) is 4.74 Å². The summed E-state index contributed by atoms with van der Waals surface area (Å²) in [5.41, 5.74) is 6.52. The fourth-order valence-electron chi connectivity index (χ4n) is 1.55. The van der Waals surface area contributed by atoms with E-state index in [2.05, 4.69) is 15.0 Å². The van der Waals surface area contributed by atoms with Gasteiger partial charge in [0.05, 0.1) is 17.6 Å². The molecule has 2 aromatic heterocycles. The number of nitrogens with two attached hydrogens (primary N) is 1. The third-order valence-electron chi connectivity index (χ3n) is 2.42. The number of carbonyl (C=O) groups excluding carboxylic acids is 2. The number of methoxy groups -OCH3 is 1. The zero-order chi connectivity index (χ0) is 14.0. The van der Waals surface area contributed by atoms with Crippen molar-refractivity contribution in [2.45, 2.75) is 6.92 Å². The molecule has 0 aliphatic carbocycles. The molecule has 1 amide bonds. The Morgan fingerprint density at radius 3 is 2.79 bits per heavy atom. The van der Waals surface area contributed by atoms with Crippen molar-refractivity contribution < 1.29 is 14.3 Å². The molecule has 0 saturated carbocycles. The molecule has 2 rings (SSSR count). The molecule has 0 fully saturated rings. The lowest BCUT2D eigenvalue weighted by atomic mass is 10.1. The van der Waals surface area contributed by atoms with E-state index in [9.17, 15) is 9.59 Å². The summed E-state index contributed by atoms with van der Waals surface area (Å²) >= 11 is 2.37. The summed E-state index contributed by atoms with van der Waals surface area (Å²) < 4.78 is 4.64. The normalized spacial score (nSPS) is 10.2. The quantitative estimate of drug-likeness (QED) is 0.846. The Labute approximate surface area is 117 Å². The number of hydrogen-bond donors (Lipinski definition) is 2. The third kappa shape index (κ3) is 2.59. The van der Waals surface area contributed by atoms with Crippen LogP contribution < -0.4 is 11.1 Å². The van der Waals surface area contributed by atoms with E-state index in [4.69, 9.17) is 5.73 Å². The number of hydrogen-bond acceptors (Lipinski definition) is 7. The van der Waals surface area contributed by atoms with Crippen molar-refractivity contribution in [3.05, 3.63) is 27.6 Å². The summed E-state index contributed by atoms with van der Waals surface area (Å²) in [6.07, 6.45) is 1.59. The largest absolute Gasteiger partial charge is 0.465 e. The number of esters is 1. The monoisotopic (exact) mass is 297 g/mol. The SMILES string of the molecule is COC(=O)c1c(N)sc(C(=O)Nc2nccs2)c1C. The van der Waals surface area contributed by atoms with E-state index in [1.54, 1.807) is 18.5 Å². The molecule has 0 unspecified atom stereocenters. The highest BCUT2D eigenvalue weighted by Crippen LogP contribution is 2.31. The minimum absolute atomic E-state index is 0.247. The summed E-state index contributed by atoms with van der Waals surface area (Å²) in [4.78, 5) is 28.0. The van der Waals surface area contributed by atoms with Crippen LogP contribution in [0.3, 0.4) is 0 Å². The average Bonchev–Trinajstić information content (AvgIpc) is 2.97. The van der Waals surface area contributed by atoms with Crippen LogP contribution in [0.25, 0.3) is 0 Å². The second kappa shape index (κ2) is 5.37. The number of amides is 1. The Bertz CT molecular complexity index is 619. The zero-order valence-corrected chi connectivity index (χ0v) is 11.9. The molecule has 0 bridgehead atoms. The fourth-order valence-corrected chi connectivity index (χ4v) is 3.03. The summed E-state index contributed by atoms with van der Waals surface area (Å²) in [5.74, 6) is -0.876. The van der Waals surface area contributed by atoms with E-state index in [0.29, 0.717) is 15.6 Å². The molecule has 2 aromatic rings. The maximum absolute atomic E-state index is 12.1. The second-order valence-electron chi connectivity index (χ2n) is 3.58. The van der Waals surface area contributed by atoms with Gasteiger partial charge in [0.15, 0.2) is 5.13 Å². The number of aromatic nitrogens is 1. The summed E-state index contributed by atoms with van der Waals surface area (Å²) in [6.45, 7) is 1.66. The Hall–Kier alpha value is -1.93. The van der Waals surface area contributed by atoms with Gasteiger partial charge in [-0.2, -0.15) is 0 Å². The maximum Gasteiger partial charge on any atom is 0.341 e. The molecule has 0 saturated heterocycles. The molecule has 100 valence electrons. The highest BCUT2D eigenvalue weighted by atomic mass is 32.1. The Balaban J connectivity index is 2.31. The van der Waals surface area contributed by atoms with Crippen LogP contribution in [0.1, 0.15) is 25.6 Å². The van der Waals surface area contributed by atoms with Gasteiger partial charge in [0.1, 0.15) is 5.00 Å². The molecular weight excluding hydrogens is 286 g/mol. The second-order valence-corrected chi connectivity index (χ2v) is 5.53. The van der Waals surface area contributed by atoms with Crippen molar-refractivity contribution in [3.63, 3.8) is 0 Å². The number of nitrogens with one attached hydrogen (secondary N) is 1. The predicted octanol–water partition coefficient (Wildman–Crippen LogP) is 2.13. The van der Waals surface area contributed by atoms with E-state index < -0.39 is 5.97 Å². The van der Waals surface area contributed by atoms with Gasteiger partial charge in [-0.3, -0.25) is 10.1 Å². The first-order valence-electron chi connectivity index (χ1n) is 5.22. The van der Waals surface area contributed by atoms with Crippen molar-refractivity contribution in [2.24, 2.45) is 0 Å². The van der Waals surface area contributed by atoms with Gasteiger partial charge in [0.2, 0.25) is 0 Å². The molecule has 0 aromatic carbocycles. The van der Waals surface area contributed by atoms with Gasteiger partial charge < -0.3 is 10.5 Å². The third-order valence-corrected chi connectivity index (χ3v) is 4.23. The van der Waals surface area contributed by atoms with Gasteiger partial charge >= 0.3 is 5.97 Å². The molecule has 0 spiro atoms. The number of nitrogens with zero attached hydrogens (tertiary/aromatic N) is 1. The van der Waals surface area contributed by atoms with Gasteiger partial charge in [-0.1, -0.05) is 0 Å². The Morgan fingerprint density at radius 2 is 2.21 bits per heavy atom. The van der Waals surface area contributed by atoms with Crippen LogP contribution in [0, 0.1) is 6.92 Å². The van der Waals surface area contributed by atoms with Crippen molar-refractivity contribution in [1.29, 1.82) is 0 Å². The number of nitrogen functional groups attached to an aromatic ring is 1. The molecule has 0 radical (unpaired) electrons. The van der Waals surface area contributed by atoms with Gasteiger partial charge in [0.25, 0.3) is 5.91 Å².